The molecule has 1 saturated heterocycles. The average Bonchev–Trinajstić information content (AvgIpc) is 2.43. The third-order valence-electron chi connectivity index (χ3n) is 3.74. The van der Waals surface area contributed by atoms with Crippen molar-refractivity contribution < 1.29 is 9.47 Å². The van der Waals surface area contributed by atoms with Gasteiger partial charge in [-0.05, 0) is 20.3 Å². The molecule has 1 aliphatic heterocycles. The van der Waals surface area contributed by atoms with Crippen LogP contribution < -0.4 is 5.56 Å². The lowest BCUT2D eigenvalue weighted by Gasteiger charge is -2.36. The molecule has 0 spiro atoms. The number of hydrogen-bond donors (Lipinski definition) is 1. The molecule has 1 fully saturated rings. The minimum atomic E-state index is -0.496. The van der Waals surface area contributed by atoms with E-state index in [0.717, 1.165) is 25.0 Å². The van der Waals surface area contributed by atoms with Crippen molar-refractivity contribution in [3.05, 3.63) is 27.4 Å². The maximum absolute atomic E-state index is 12.0. The van der Waals surface area contributed by atoms with E-state index in [2.05, 4.69) is 9.97 Å². The second-order valence-electron chi connectivity index (χ2n) is 4.88. The summed E-state index contributed by atoms with van der Waals surface area (Å²) in [5, 5.41) is 0. The van der Waals surface area contributed by atoms with Gasteiger partial charge < -0.3 is 14.5 Å². The molecule has 5 nitrogen and oxygen atoms in total. The Balaban J connectivity index is 2.47. The highest BCUT2D eigenvalue weighted by Gasteiger charge is 2.38. The summed E-state index contributed by atoms with van der Waals surface area (Å²) in [5.41, 5.74) is 0.991. The second kappa shape index (κ2) is 5.84. The van der Waals surface area contributed by atoms with Gasteiger partial charge in [0.25, 0.3) is 5.56 Å². The van der Waals surface area contributed by atoms with Crippen molar-refractivity contribution in [1.29, 1.82) is 0 Å². The van der Waals surface area contributed by atoms with Crippen LogP contribution in [0.15, 0.2) is 4.79 Å². The molecule has 106 valence electrons. The Morgan fingerprint density at radius 1 is 1.37 bits per heavy atom. The van der Waals surface area contributed by atoms with E-state index in [1.54, 1.807) is 0 Å². The molecule has 2 heterocycles. The van der Waals surface area contributed by atoms with Crippen LogP contribution in [0.5, 0.6) is 0 Å². The molecule has 0 aromatic carbocycles. The Morgan fingerprint density at radius 3 is 2.63 bits per heavy atom. The van der Waals surface area contributed by atoms with Crippen molar-refractivity contribution in [2.24, 2.45) is 0 Å². The summed E-state index contributed by atoms with van der Waals surface area (Å²) in [4.78, 5) is 19.6. The molecule has 1 aromatic rings. The van der Waals surface area contributed by atoms with Crippen molar-refractivity contribution in [2.75, 3.05) is 19.8 Å². The van der Waals surface area contributed by atoms with E-state index in [-0.39, 0.29) is 5.56 Å². The number of ether oxygens (including phenoxy) is 2. The molecule has 1 aliphatic rings. The molecule has 0 aliphatic carbocycles. The molecule has 0 atom stereocenters. The van der Waals surface area contributed by atoms with Crippen LogP contribution >= 0.6 is 0 Å². The molecule has 0 bridgehead atoms. The summed E-state index contributed by atoms with van der Waals surface area (Å²) in [6.07, 6.45) is 2.22. The van der Waals surface area contributed by atoms with Gasteiger partial charge in [-0.2, -0.15) is 0 Å². The van der Waals surface area contributed by atoms with Gasteiger partial charge in [0.2, 0.25) is 0 Å². The number of nitrogens with zero attached hydrogens (tertiary/aromatic N) is 1. The van der Waals surface area contributed by atoms with Crippen molar-refractivity contribution in [2.45, 2.75) is 45.6 Å². The van der Waals surface area contributed by atoms with Gasteiger partial charge in [0, 0.05) is 38.2 Å². The number of H-pyrrole nitrogens is 1. The van der Waals surface area contributed by atoms with E-state index in [0.29, 0.717) is 31.2 Å². The second-order valence-corrected chi connectivity index (χ2v) is 4.88. The first kappa shape index (κ1) is 14.2. The lowest BCUT2D eigenvalue weighted by molar-refractivity contribution is -0.118. The Morgan fingerprint density at radius 2 is 2.05 bits per heavy atom. The zero-order chi connectivity index (χ0) is 13.9. The molecule has 0 amide bonds. The van der Waals surface area contributed by atoms with Gasteiger partial charge in [0.05, 0.1) is 5.69 Å². The SMILES string of the molecule is CCOC1(c2nc(CC)c(C)c(=O)[nH]2)CCOCC1. The van der Waals surface area contributed by atoms with Gasteiger partial charge in [0.15, 0.2) is 0 Å². The molecule has 1 aromatic heterocycles. The molecule has 19 heavy (non-hydrogen) atoms. The van der Waals surface area contributed by atoms with Crippen LogP contribution in [0.25, 0.3) is 0 Å². The normalized spacial score (nSPS) is 18.5. The lowest BCUT2D eigenvalue weighted by Crippen LogP contribution is -2.40. The van der Waals surface area contributed by atoms with E-state index in [1.807, 2.05) is 20.8 Å². The predicted molar refractivity (Wildman–Crippen MR) is 72.3 cm³/mol. The average molecular weight is 266 g/mol. The van der Waals surface area contributed by atoms with Crippen LogP contribution in [0, 0.1) is 6.92 Å². The number of aryl methyl sites for hydroxylation is 1. The van der Waals surface area contributed by atoms with Crippen molar-refractivity contribution in [1.82, 2.24) is 9.97 Å². The van der Waals surface area contributed by atoms with Gasteiger partial charge >= 0.3 is 0 Å². The predicted octanol–water partition coefficient (Wildman–Crippen LogP) is 1.68. The first-order chi connectivity index (χ1) is 9.13. The minimum Gasteiger partial charge on any atom is -0.381 e. The largest absolute Gasteiger partial charge is 0.381 e. The highest BCUT2D eigenvalue weighted by Crippen LogP contribution is 2.33. The van der Waals surface area contributed by atoms with Gasteiger partial charge in [-0.3, -0.25) is 4.79 Å². The van der Waals surface area contributed by atoms with Crippen LogP contribution in [-0.2, 0) is 21.5 Å². The smallest absolute Gasteiger partial charge is 0.254 e. The van der Waals surface area contributed by atoms with Gasteiger partial charge in [-0.1, -0.05) is 6.92 Å². The standard InChI is InChI=1S/C14H22N2O3/c1-4-11-10(3)12(17)16-13(15-11)14(19-5-2)6-8-18-9-7-14/h4-9H2,1-3H3,(H,15,16,17). The molecule has 2 rings (SSSR count). The minimum absolute atomic E-state index is 0.0626. The van der Waals surface area contributed by atoms with Crippen LogP contribution in [-0.4, -0.2) is 29.8 Å². The topological polar surface area (TPSA) is 64.2 Å². The molecular formula is C14H22N2O3. The third-order valence-corrected chi connectivity index (χ3v) is 3.74. The summed E-state index contributed by atoms with van der Waals surface area (Å²) in [6.45, 7) is 7.66. The number of rotatable bonds is 4. The molecule has 0 saturated carbocycles. The fourth-order valence-electron chi connectivity index (χ4n) is 2.57. The number of aromatic nitrogens is 2. The van der Waals surface area contributed by atoms with E-state index in [9.17, 15) is 4.79 Å². The molecule has 5 heteroatoms. The summed E-state index contributed by atoms with van der Waals surface area (Å²) in [6, 6.07) is 0. The van der Waals surface area contributed by atoms with Crippen molar-refractivity contribution >= 4 is 0 Å². The first-order valence-corrected chi connectivity index (χ1v) is 6.95. The van der Waals surface area contributed by atoms with Crippen LogP contribution in [0.1, 0.15) is 43.8 Å². The number of hydrogen-bond acceptors (Lipinski definition) is 4. The quantitative estimate of drug-likeness (QED) is 0.900. The molecular weight excluding hydrogens is 244 g/mol. The monoisotopic (exact) mass is 266 g/mol. The lowest BCUT2D eigenvalue weighted by atomic mass is 9.92. The first-order valence-electron chi connectivity index (χ1n) is 6.95. The van der Waals surface area contributed by atoms with E-state index in [1.165, 1.54) is 0 Å². The zero-order valence-electron chi connectivity index (χ0n) is 11.9. The maximum atomic E-state index is 12.0. The van der Waals surface area contributed by atoms with Crippen LogP contribution in [0.4, 0.5) is 0 Å². The number of nitrogens with one attached hydrogen (secondary N) is 1. The summed E-state index contributed by atoms with van der Waals surface area (Å²) >= 11 is 0. The Kier molecular flexibility index (Phi) is 4.37. The Bertz CT molecular complexity index is 484. The maximum Gasteiger partial charge on any atom is 0.254 e. The highest BCUT2D eigenvalue weighted by molar-refractivity contribution is 5.18. The summed E-state index contributed by atoms with van der Waals surface area (Å²) in [7, 11) is 0. The molecule has 0 unspecified atom stereocenters. The number of aromatic amines is 1. The molecule has 1 N–H and O–H groups in total. The van der Waals surface area contributed by atoms with Gasteiger partial charge in [-0.15, -0.1) is 0 Å². The van der Waals surface area contributed by atoms with Gasteiger partial charge in [-0.25, -0.2) is 4.98 Å². The summed E-state index contributed by atoms with van der Waals surface area (Å²) in [5.74, 6) is 0.658. The Labute approximate surface area is 113 Å². The fraction of sp³-hybridized carbons (Fsp3) is 0.714. The van der Waals surface area contributed by atoms with E-state index in [4.69, 9.17) is 9.47 Å². The van der Waals surface area contributed by atoms with Crippen LogP contribution in [0.3, 0.4) is 0 Å². The van der Waals surface area contributed by atoms with Gasteiger partial charge in [0.1, 0.15) is 11.4 Å². The summed E-state index contributed by atoms with van der Waals surface area (Å²) < 4.78 is 11.3. The highest BCUT2D eigenvalue weighted by atomic mass is 16.5. The third kappa shape index (κ3) is 2.72. The molecule has 0 radical (unpaired) electrons. The van der Waals surface area contributed by atoms with Crippen molar-refractivity contribution in [3.8, 4) is 0 Å². The zero-order valence-corrected chi connectivity index (χ0v) is 11.9. The fourth-order valence-corrected chi connectivity index (χ4v) is 2.57. The van der Waals surface area contributed by atoms with E-state index < -0.39 is 5.60 Å². The van der Waals surface area contributed by atoms with Crippen LogP contribution in [0.2, 0.25) is 0 Å². The van der Waals surface area contributed by atoms with E-state index >= 15 is 0 Å². The Hall–Kier alpha value is -1.20. The van der Waals surface area contributed by atoms with Crippen molar-refractivity contribution in [3.63, 3.8) is 0 Å².